The molecule has 4 rings (SSSR count). The predicted molar refractivity (Wildman–Crippen MR) is 82.1 cm³/mol. The zero-order chi connectivity index (χ0) is 14.9. The van der Waals surface area contributed by atoms with Gasteiger partial charge in [0.1, 0.15) is 0 Å². The lowest BCUT2D eigenvalue weighted by molar-refractivity contribution is -0.0791. The summed E-state index contributed by atoms with van der Waals surface area (Å²) in [5.74, 6) is 0.591. The van der Waals surface area contributed by atoms with Crippen molar-refractivity contribution in [2.24, 2.45) is 13.0 Å². The van der Waals surface area contributed by atoms with Crippen LogP contribution < -0.4 is 0 Å². The lowest BCUT2D eigenvalue weighted by Crippen LogP contribution is -2.50. The van der Waals surface area contributed by atoms with E-state index in [2.05, 4.69) is 31.0 Å². The molecule has 0 bridgehead atoms. The second kappa shape index (κ2) is 5.85. The monoisotopic (exact) mass is 301 g/mol. The summed E-state index contributed by atoms with van der Waals surface area (Å²) < 4.78 is 10.4. The number of aromatic nitrogens is 4. The average Bonchev–Trinajstić information content (AvgIpc) is 3.24. The van der Waals surface area contributed by atoms with Gasteiger partial charge in [0.05, 0.1) is 31.1 Å². The second-order valence-electron chi connectivity index (χ2n) is 6.47. The largest absolute Gasteiger partial charge is 0.375 e. The van der Waals surface area contributed by atoms with E-state index in [1.54, 1.807) is 0 Å². The average molecular weight is 301 g/mol. The fourth-order valence-electron chi connectivity index (χ4n) is 3.94. The summed E-state index contributed by atoms with van der Waals surface area (Å²) in [6, 6.07) is 0.539. The van der Waals surface area contributed by atoms with Crippen LogP contribution in [0.1, 0.15) is 18.5 Å². The highest BCUT2D eigenvalue weighted by Crippen LogP contribution is 2.36. The highest BCUT2D eigenvalue weighted by atomic mass is 16.5. The van der Waals surface area contributed by atoms with E-state index < -0.39 is 0 Å². The standard InChI is InChI=1S/C16H23N5O/c1-19-11-18-8-14(19)10-21-6-7-22-16-13(2-3-15(16)21)9-20-5-4-17-12-20/h4-5,8,11-13,15-16H,2-3,6-7,9-10H2,1H3/t13-,15-,16+/m0/s1. The molecule has 118 valence electrons. The number of nitrogens with zero attached hydrogens (tertiary/aromatic N) is 5. The maximum atomic E-state index is 6.15. The van der Waals surface area contributed by atoms with Crippen molar-refractivity contribution < 1.29 is 4.74 Å². The van der Waals surface area contributed by atoms with Crippen LogP contribution in [0.5, 0.6) is 0 Å². The van der Waals surface area contributed by atoms with Crippen LogP contribution in [-0.4, -0.2) is 49.3 Å². The van der Waals surface area contributed by atoms with Crippen molar-refractivity contribution in [2.45, 2.75) is 38.1 Å². The van der Waals surface area contributed by atoms with Crippen molar-refractivity contribution in [3.05, 3.63) is 36.9 Å². The molecule has 1 saturated heterocycles. The molecule has 2 aromatic rings. The SMILES string of the molecule is Cn1cncc1CN1CCO[C@@H]2[C@H](Cn3ccnc3)CC[C@@H]21. The molecule has 0 aromatic carbocycles. The number of ether oxygens (including phenoxy) is 1. The van der Waals surface area contributed by atoms with Gasteiger partial charge in [-0.3, -0.25) is 4.90 Å². The van der Waals surface area contributed by atoms with E-state index in [1.165, 1.54) is 18.5 Å². The Kier molecular flexibility index (Phi) is 3.72. The molecule has 1 aliphatic heterocycles. The Morgan fingerprint density at radius 1 is 1.27 bits per heavy atom. The van der Waals surface area contributed by atoms with Crippen LogP contribution in [0.3, 0.4) is 0 Å². The van der Waals surface area contributed by atoms with Crippen molar-refractivity contribution in [1.82, 2.24) is 24.0 Å². The quantitative estimate of drug-likeness (QED) is 0.854. The number of rotatable bonds is 4. The molecule has 0 unspecified atom stereocenters. The van der Waals surface area contributed by atoms with Crippen LogP contribution in [0, 0.1) is 5.92 Å². The number of morpholine rings is 1. The predicted octanol–water partition coefficient (Wildman–Crippen LogP) is 1.30. The third-order valence-electron chi connectivity index (χ3n) is 5.12. The smallest absolute Gasteiger partial charge is 0.0946 e. The van der Waals surface area contributed by atoms with E-state index in [0.29, 0.717) is 18.1 Å². The molecular formula is C16H23N5O. The molecule has 6 nitrogen and oxygen atoms in total. The molecule has 1 saturated carbocycles. The minimum Gasteiger partial charge on any atom is -0.375 e. The molecule has 0 radical (unpaired) electrons. The fraction of sp³-hybridized carbons (Fsp3) is 0.625. The number of aryl methyl sites for hydroxylation is 1. The Balaban J connectivity index is 1.45. The molecule has 22 heavy (non-hydrogen) atoms. The van der Waals surface area contributed by atoms with Gasteiger partial charge in [0.2, 0.25) is 0 Å². The minimum absolute atomic E-state index is 0.351. The molecule has 3 atom stereocenters. The van der Waals surface area contributed by atoms with Crippen LogP contribution in [0.25, 0.3) is 0 Å². The van der Waals surface area contributed by atoms with E-state index >= 15 is 0 Å². The number of imidazole rings is 2. The molecule has 2 aromatic heterocycles. The van der Waals surface area contributed by atoms with Gasteiger partial charge in [-0.15, -0.1) is 0 Å². The maximum absolute atomic E-state index is 6.15. The van der Waals surface area contributed by atoms with Gasteiger partial charge in [-0.1, -0.05) is 0 Å². The lowest BCUT2D eigenvalue weighted by Gasteiger charge is -2.39. The van der Waals surface area contributed by atoms with Crippen LogP contribution >= 0.6 is 0 Å². The fourth-order valence-corrected chi connectivity index (χ4v) is 3.94. The van der Waals surface area contributed by atoms with Gasteiger partial charge in [0.25, 0.3) is 0 Å². The lowest BCUT2D eigenvalue weighted by atomic mass is 10.0. The number of fused-ring (bicyclic) bond motifs is 1. The third-order valence-corrected chi connectivity index (χ3v) is 5.12. The van der Waals surface area contributed by atoms with Gasteiger partial charge >= 0.3 is 0 Å². The van der Waals surface area contributed by atoms with Crippen LogP contribution in [0.15, 0.2) is 31.2 Å². The Labute approximate surface area is 130 Å². The molecule has 2 fully saturated rings. The van der Waals surface area contributed by atoms with Gasteiger partial charge in [0, 0.05) is 57.2 Å². The maximum Gasteiger partial charge on any atom is 0.0946 e. The van der Waals surface area contributed by atoms with E-state index in [0.717, 1.165) is 26.2 Å². The van der Waals surface area contributed by atoms with Crippen LogP contribution in [0.2, 0.25) is 0 Å². The second-order valence-corrected chi connectivity index (χ2v) is 6.47. The van der Waals surface area contributed by atoms with Gasteiger partial charge in [0.15, 0.2) is 0 Å². The van der Waals surface area contributed by atoms with E-state index in [9.17, 15) is 0 Å². The Bertz CT molecular complexity index is 608. The van der Waals surface area contributed by atoms with Gasteiger partial charge < -0.3 is 13.9 Å². The molecule has 6 heteroatoms. The van der Waals surface area contributed by atoms with E-state index in [-0.39, 0.29) is 0 Å². The summed E-state index contributed by atoms with van der Waals surface area (Å²) in [5.41, 5.74) is 1.28. The van der Waals surface area contributed by atoms with Crippen molar-refractivity contribution in [2.75, 3.05) is 13.2 Å². The topological polar surface area (TPSA) is 48.1 Å². The molecule has 3 heterocycles. The molecule has 0 spiro atoms. The van der Waals surface area contributed by atoms with Gasteiger partial charge in [-0.25, -0.2) is 9.97 Å². The number of hydrogen-bond acceptors (Lipinski definition) is 4. The first-order chi connectivity index (χ1) is 10.8. The highest BCUT2D eigenvalue weighted by molar-refractivity contribution is 5.01. The first kappa shape index (κ1) is 14.0. The zero-order valence-corrected chi connectivity index (χ0v) is 13.0. The number of hydrogen-bond donors (Lipinski definition) is 0. The third kappa shape index (κ3) is 2.57. The molecular weight excluding hydrogens is 278 g/mol. The molecule has 0 N–H and O–H groups in total. The first-order valence-corrected chi connectivity index (χ1v) is 8.08. The zero-order valence-electron chi connectivity index (χ0n) is 13.0. The molecule has 2 aliphatic rings. The van der Waals surface area contributed by atoms with Crippen molar-refractivity contribution in [3.8, 4) is 0 Å². The van der Waals surface area contributed by atoms with Gasteiger partial charge in [-0.2, -0.15) is 0 Å². The van der Waals surface area contributed by atoms with Gasteiger partial charge in [-0.05, 0) is 12.8 Å². The first-order valence-electron chi connectivity index (χ1n) is 8.08. The Morgan fingerprint density at radius 3 is 3.00 bits per heavy atom. The normalized spacial score (nSPS) is 28.9. The highest BCUT2D eigenvalue weighted by Gasteiger charge is 2.42. The summed E-state index contributed by atoms with van der Waals surface area (Å²) in [6.45, 7) is 3.84. The summed E-state index contributed by atoms with van der Waals surface area (Å²) in [5, 5.41) is 0. The van der Waals surface area contributed by atoms with Crippen molar-refractivity contribution >= 4 is 0 Å². The Morgan fingerprint density at radius 2 is 2.23 bits per heavy atom. The van der Waals surface area contributed by atoms with Crippen LogP contribution in [-0.2, 0) is 24.9 Å². The van der Waals surface area contributed by atoms with Crippen LogP contribution in [0.4, 0.5) is 0 Å². The summed E-state index contributed by atoms with van der Waals surface area (Å²) in [4.78, 5) is 11.0. The summed E-state index contributed by atoms with van der Waals surface area (Å²) in [6.07, 6.45) is 12.5. The Hall–Kier alpha value is -1.66. The molecule has 1 aliphatic carbocycles. The van der Waals surface area contributed by atoms with Crippen molar-refractivity contribution in [1.29, 1.82) is 0 Å². The summed E-state index contributed by atoms with van der Waals surface area (Å²) >= 11 is 0. The van der Waals surface area contributed by atoms with Crippen molar-refractivity contribution in [3.63, 3.8) is 0 Å². The van der Waals surface area contributed by atoms with E-state index in [1.807, 2.05) is 31.2 Å². The minimum atomic E-state index is 0.351. The van der Waals surface area contributed by atoms with E-state index in [4.69, 9.17) is 4.74 Å². The summed E-state index contributed by atoms with van der Waals surface area (Å²) in [7, 11) is 2.07. The molecule has 0 amide bonds.